The van der Waals surface area contributed by atoms with E-state index in [1.807, 2.05) is 0 Å². The predicted molar refractivity (Wildman–Crippen MR) is 60.1 cm³/mol. The van der Waals surface area contributed by atoms with Crippen LogP contribution in [0.25, 0.3) is 11.1 Å². The van der Waals surface area contributed by atoms with E-state index >= 15 is 0 Å². The average Bonchev–Trinajstić information content (AvgIpc) is 2.72. The van der Waals surface area contributed by atoms with Crippen molar-refractivity contribution in [2.24, 2.45) is 0 Å². The van der Waals surface area contributed by atoms with Gasteiger partial charge in [0.1, 0.15) is 0 Å². The topological polar surface area (TPSA) is 68.9 Å². The van der Waals surface area contributed by atoms with Gasteiger partial charge in [0, 0.05) is 11.1 Å². The van der Waals surface area contributed by atoms with Gasteiger partial charge < -0.3 is 19.0 Å². The third kappa shape index (κ3) is 1.60. The van der Waals surface area contributed by atoms with Crippen LogP contribution in [0.2, 0.25) is 0 Å². The molecule has 0 aromatic heterocycles. The van der Waals surface area contributed by atoms with Crippen LogP contribution in [-0.4, -0.2) is 25.1 Å². The average molecular weight is 236 g/mol. The summed E-state index contributed by atoms with van der Waals surface area (Å²) in [5.41, 5.74) is 1.55. The molecule has 0 saturated heterocycles. The highest BCUT2D eigenvalue weighted by Crippen LogP contribution is 2.48. The number of Topliss-reactive ketones (excluding diaryl/α,β-unsaturated/α-hetero) is 1. The summed E-state index contributed by atoms with van der Waals surface area (Å²) in [6.07, 6.45) is 0. The molecule has 1 aliphatic heterocycles. The second-order valence-electron chi connectivity index (χ2n) is 3.52. The molecule has 1 N–H and O–H groups in total. The zero-order valence-corrected chi connectivity index (χ0v) is 9.73. The summed E-state index contributed by atoms with van der Waals surface area (Å²) in [5.74, 6) is -0.252. The zero-order chi connectivity index (χ0) is 12.6. The van der Waals surface area contributed by atoms with Crippen molar-refractivity contribution in [1.82, 2.24) is 0 Å². The second kappa shape index (κ2) is 4.01. The van der Waals surface area contributed by atoms with Gasteiger partial charge in [0.05, 0.1) is 19.8 Å². The monoisotopic (exact) mass is 236 g/mol. The van der Waals surface area contributed by atoms with Crippen LogP contribution in [0.5, 0.6) is 17.6 Å². The normalized spacial score (nSPS) is 10.5. The zero-order valence-electron chi connectivity index (χ0n) is 9.73. The Hall–Kier alpha value is -2.17. The molecule has 0 bridgehead atoms. The second-order valence-corrected chi connectivity index (χ2v) is 3.52. The van der Waals surface area contributed by atoms with Gasteiger partial charge in [0.25, 0.3) is 5.95 Å². The lowest BCUT2D eigenvalue weighted by Gasteiger charge is -2.12. The van der Waals surface area contributed by atoms with Crippen LogP contribution < -0.4 is 9.47 Å². The molecule has 0 aromatic carbocycles. The lowest BCUT2D eigenvalue weighted by molar-refractivity contribution is 0.101. The number of carbonyl (C=O) groups excluding carboxylic acids is 1. The van der Waals surface area contributed by atoms with Crippen molar-refractivity contribution >= 4 is 5.78 Å². The van der Waals surface area contributed by atoms with Crippen molar-refractivity contribution in [3.8, 4) is 28.8 Å². The number of hydrogen-bond donors (Lipinski definition) is 1. The van der Waals surface area contributed by atoms with Crippen LogP contribution in [0.4, 0.5) is 0 Å². The molecule has 17 heavy (non-hydrogen) atoms. The lowest BCUT2D eigenvalue weighted by atomic mass is 10.1. The van der Waals surface area contributed by atoms with Crippen LogP contribution in [0.3, 0.4) is 0 Å². The molecule has 2 rings (SSSR count). The summed E-state index contributed by atoms with van der Waals surface area (Å²) in [5, 5.41) is 9.66. The first-order chi connectivity index (χ1) is 8.10. The molecule has 0 radical (unpaired) electrons. The lowest BCUT2D eigenvalue weighted by Crippen LogP contribution is -1.97. The van der Waals surface area contributed by atoms with E-state index in [-0.39, 0.29) is 17.5 Å². The van der Waals surface area contributed by atoms with Crippen LogP contribution in [0.15, 0.2) is 16.5 Å². The fourth-order valence-electron chi connectivity index (χ4n) is 1.82. The number of hydrogen-bond acceptors (Lipinski definition) is 5. The van der Waals surface area contributed by atoms with Crippen molar-refractivity contribution in [3.05, 3.63) is 17.7 Å². The fraction of sp³-hybridized carbons (Fsp3) is 0.250. The van der Waals surface area contributed by atoms with Crippen molar-refractivity contribution in [3.63, 3.8) is 0 Å². The van der Waals surface area contributed by atoms with Gasteiger partial charge in [-0.3, -0.25) is 4.79 Å². The first kappa shape index (κ1) is 11.3. The Bertz CT molecular complexity index is 540. The van der Waals surface area contributed by atoms with Gasteiger partial charge in [-0.1, -0.05) is 0 Å². The number of ether oxygens (including phenoxy) is 2. The first-order valence-corrected chi connectivity index (χ1v) is 4.97. The molecule has 1 aliphatic carbocycles. The molecule has 2 aliphatic rings. The van der Waals surface area contributed by atoms with Gasteiger partial charge in [-0.2, -0.15) is 0 Å². The van der Waals surface area contributed by atoms with Gasteiger partial charge in [-0.15, -0.1) is 0 Å². The molecule has 0 saturated carbocycles. The van der Waals surface area contributed by atoms with Crippen molar-refractivity contribution in [2.75, 3.05) is 14.2 Å². The van der Waals surface area contributed by atoms with Crippen LogP contribution in [0, 0.1) is 0 Å². The Balaban J connectivity index is 2.82. The molecule has 0 fully saturated rings. The first-order valence-electron chi connectivity index (χ1n) is 4.97. The molecule has 5 heteroatoms. The molecule has 0 unspecified atom stereocenters. The van der Waals surface area contributed by atoms with Gasteiger partial charge in [0.2, 0.25) is 5.75 Å². The number of ketones is 1. The SMILES string of the molecule is COc1oc(O)c(OC)c2c(C(C)=O)ccc1-2. The number of rotatable bonds is 3. The van der Waals surface area contributed by atoms with E-state index in [0.717, 1.165) is 0 Å². The molecule has 0 atom stereocenters. The van der Waals surface area contributed by atoms with Crippen LogP contribution in [-0.2, 0) is 0 Å². The standard InChI is InChI=1S/C12H12O5/c1-6(13)7-4-5-8-9(7)10(15-2)11(14)17-12(8)16-3/h4-5,14H,1-3H3. The van der Waals surface area contributed by atoms with Gasteiger partial charge in [0.15, 0.2) is 5.78 Å². The minimum absolute atomic E-state index is 0.119. The number of methoxy groups -OCH3 is 2. The third-order valence-corrected chi connectivity index (χ3v) is 2.55. The Kier molecular flexibility index (Phi) is 2.67. The van der Waals surface area contributed by atoms with Crippen molar-refractivity contribution in [1.29, 1.82) is 0 Å². The largest absolute Gasteiger partial charge is 0.490 e. The van der Waals surface area contributed by atoms with Crippen molar-refractivity contribution < 1.29 is 23.8 Å². The maximum atomic E-state index is 11.5. The maximum Gasteiger partial charge on any atom is 0.329 e. The van der Waals surface area contributed by atoms with E-state index in [9.17, 15) is 9.90 Å². The highest BCUT2D eigenvalue weighted by molar-refractivity contribution is 6.04. The smallest absolute Gasteiger partial charge is 0.329 e. The molecule has 0 aromatic rings. The van der Waals surface area contributed by atoms with E-state index < -0.39 is 5.95 Å². The Morgan fingerprint density at radius 1 is 1.29 bits per heavy atom. The van der Waals surface area contributed by atoms with E-state index in [2.05, 4.69) is 0 Å². The van der Waals surface area contributed by atoms with Crippen LogP contribution in [0.1, 0.15) is 17.3 Å². The summed E-state index contributed by atoms with van der Waals surface area (Å²) in [4.78, 5) is 11.5. The minimum Gasteiger partial charge on any atom is -0.490 e. The van der Waals surface area contributed by atoms with E-state index in [4.69, 9.17) is 13.9 Å². The number of carbonyl (C=O) groups is 1. The molecule has 0 spiro atoms. The molecule has 90 valence electrons. The van der Waals surface area contributed by atoms with Crippen molar-refractivity contribution in [2.45, 2.75) is 6.92 Å². The summed E-state index contributed by atoms with van der Waals surface area (Å²) in [6, 6.07) is 3.34. The number of fused-ring (bicyclic) bond motifs is 1. The minimum atomic E-state index is -0.412. The summed E-state index contributed by atoms with van der Waals surface area (Å²) in [7, 11) is 2.82. The van der Waals surface area contributed by atoms with Crippen LogP contribution >= 0.6 is 0 Å². The quantitative estimate of drug-likeness (QED) is 0.828. The maximum absolute atomic E-state index is 11.5. The molecule has 0 amide bonds. The summed E-state index contributed by atoms with van der Waals surface area (Å²) < 4.78 is 15.1. The van der Waals surface area contributed by atoms with Gasteiger partial charge in [-0.05, 0) is 19.1 Å². The van der Waals surface area contributed by atoms with Gasteiger partial charge >= 0.3 is 5.95 Å². The molecule has 1 heterocycles. The number of aromatic hydroxyl groups is 1. The van der Waals surface area contributed by atoms with E-state index in [1.165, 1.54) is 21.1 Å². The van der Waals surface area contributed by atoms with Gasteiger partial charge in [-0.25, -0.2) is 0 Å². The molecule has 5 nitrogen and oxygen atoms in total. The Morgan fingerprint density at radius 2 is 2.00 bits per heavy atom. The predicted octanol–water partition coefficient (Wildman–Crippen LogP) is 2.31. The fourth-order valence-corrected chi connectivity index (χ4v) is 1.82. The van der Waals surface area contributed by atoms with E-state index in [1.54, 1.807) is 12.1 Å². The summed E-state index contributed by atoms with van der Waals surface area (Å²) in [6.45, 7) is 1.45. The highest BCUT2D eigenvalue weighted by Gasteiger charge is 2.27. The van der Waals surface area contributed by atoms with E-state index in [0.29, 0.717) is 16.7 Å². The molecular formula is C12H12O5. The Labute approximate surface area is 97.9 Å². The summed E-state index contributed by atoms with van der Waals surface area (Å²) >= 11 is 0. The molecular weight excluding hydrogens is 224 g/mol. The highest BCUT2D eigenvalue weighted by atomic mass is 16.6. The Morgan fingerprint density at radius 3 is 2.53 bits per heavy atom. The third-order valence-electron chi connectivity index (χ3n) is 2.55.